The number of ether oxygens (including phenoxy) is 1. The highest BCUT2D eigenvalue weighted by Crippen LogP contribution is 2.31. The Labute approximate surface area is 125 Å². The van der Waals surface area contributed by atoms with E-state index in [0.717, 1.165) is 11.4 Å². The minimum absolute atomic E-state index is 0.0702. The molecule has 2 aromatic rings. The summed E-state index contributed by atoms with van der Waals surface area (Å²) in [6.07, 6.45) is 1.62. The predicted molar refractivity (Wildman–Crippen MR) is 82.4 cm³/mol. The van der Waals surface area contributed by atoms with Crippen LogP contribution in [0.3, 0.4) is 0 Å². The van der Waals surface area contributed by atoms with Crippen molar-refractivity contribution in [2.24, 2.45) is 0 Å². The van der Waals surface area contributed by atoms with E-state index in [4.69, 9.17) is 4.74 Å². The van der Waals surface area contributed by atoms with Gasteiger partial charge in [0.1, 0.15) is 12.4 Å². The Morgan fingerprint density at radius 3 is 2.57 bits per heavy atom. The first-order valence-electron chi connectivity index (χ1n) is 6.64. The highest BCUT2D eigenvalue weighted by Gasteiger charge is 2.24. The van der Waals surface area contributed by atoms with Gasteiger partial charge in [-0.1, -0.05) is 12.1 Å². The monoisotopic (exact) mass is 301 g/mol. The zero-order valence-electron chi connectivity index (χ0n) is 11.6. The Kier molecular flexibility index (Phi) is 3.75. The normalized spacial score (nSPS) is 15.0. The van der Waals surface area contributed by atoms with E-state index in [9.17, 15) is 9.00 Å². The van der Waals surface area contributed by atoms with Gasteiger partial charge in [0.25, 0.3) is 5.91 Å². The summed E-state index contributed by atoms with van der Waals surface area (Å²) >= 11 is 0. The van der Waals surface area contributed by atoms with E-state index in [0.29, 0.717) is 23.6 Å². The molecular weight excluding hydrogens is 286 g/mol. The molecule has 0 bridgehead atoms. The molecule has 1 aliphatic heterocycles. The van der Waals surface area contributed by atoms with E-state index in [2.05, 4.69) is 0 Å². The predicted octanol–water partition coefficient (Wildman–Crippen LogP) is 2.46. The molecule has 1 heterocycles. The van der Waals surface area contributed by atoms with E-state index in [1.807, 2.05) is 24.3 Å². The zero-order chi connectivity index (χ0) is 14.8. The van der Waals surface area contributed by atoms with Crippen LogP contribution in [0.15, 0.2) is 53.4 Å². The van der Waals surface area contributed by atoms with Crippen LogP contribution < -0.4 is 9.64 Å². The van der Waals surface area contributed by atoms with E-state index in [1.165, 1.54) is 0 Å². The highest BCUT2D eigenvalue weighted by atomic mass is 32.2. The van der Waals surface area contributed by atoms with Crippen LogP contribution in [-0.2, 0) is 10.8 Å². The van der Waals surface area contributed by atoms with E-state index in [1.54, 1.807) is 35.4 Å². The summed E-state index contributed by atoms with van der Waals surface area (Å²) < 4.78 is 16.9. The van der Waals surface area contributed by atoms with Gasteiger partial charge < -0.3 is 9.64 Å². The number of anilines is 1. The second-order valence-electron chi connectivity index (χ2n) is 4.75. The van der Waals surface area contributed by atoms with E-state index < -0.39 is 10.8 Å². The zero-order valence-corrected chi connectivity index (χ0v) is 12.4. The quantitative estimate of drug-likeness (QED) is 0.856. The average Bonchev–Trinajstić information content (AvgIpc) is 2.53. The number of benzene rings is 2. The molecule has 0 aromatic heterocycles. The smallest absolute Gasteiger partial charge is 0.258 e. The second-order valence-corrected chi connectivity index (χ2v) is 6.13. The molecule has 3 rings (SSSR count). The van der Waals surface area contributed by atoms with Crippen LogP contribution in [0.1, 0.15) is 10.4 Å². The molecule has 0 spiro atoms. The maximum Gasteiger partial charge on any atom is 0.258 e. The molecule has 1 atom stereocenters. The topological polar surface area (TPSA) is 46.6 Å². The molecule has 0 fully saturated rings. The SMILES string of the molecule is C[S@@](=O)c1ccc(C(=O)N2CCOc3ccccc32)cc1. The van der Waals surface area contributed by atoms with Crippen molar-refractivity contribution in [1.29, 1.82) is 0 Å². The van der Waals surface area contributed by atoms with Crippen molar-refractivity contribution in [1.82, 2.24) is 0 Å². The van der Waals surface area contributed by atoms with Crippen LogP contribution in [0, 0.1) is 0 Å². The molecule has 21 heavy (non-hydrogen) atoms. The van der Waals surface area contributed by atoms with Gasteiger partial charge in [-0.3, -0.25) is 9.00 Å². The summed E-state index contributed by atoms with van der Waals surface area (Å²) in [5.41, 5.74) is 1.37. The maximum absolute atomic E-state index is 12.6. The number of para-hydroxylation sites is 2. The van der Waals surface area contributed by atoms with Gasteiger partial charge in [0.05, 0.1) is 12.2 Å². The Bertz CT molecular complexity index is 697. The fourth-order valence-electron chi connectivity index (χ4n) is 2.33. The van der Waals surface area contributed by atoms with Crippen molar-refractivity contribution in [3.63, 3.8) is 0 Å². The Balaban J connectivity index is 1.91. The lowest BCUT2D eigenvalue weighted by molar-refractivity contribution is 0.0976. The molecular formula is C16H15NO3S. The molecule has 5 heteroatoms. The number of hydrogen-bond acceptors (Lipinski definition) is 3. The fourth-order valence-corrected chi connectivity index (χ4v) is 2.84. The van der Waals surface area contributed by atoms with Crippen molar-refractivity contribution in [3.8, 4) is 5.75 Å². The van der Waals surface area contributed by atoms with Gasteiger partial charge in [-0.2, -0.15) is 0 Å². The van der Waals surface area contributed by atoms with Crippen LogP contribution >= 0.6 is 0 Å². The Morgan fingerprint density at radius 2 is 1.86 bits per heavy atom. The summed E-state index contributed by atoms with van der Waals surface area (Å²) in [6, 6.07) is 14.4. The standard InChI is InChI=1S/C16H15NO3S/c1-21(19)13-8-6-12(7-9-13)16(18)17-10-11-20-15-5-3-2-4-14(15)17/h2-9H,10-11H2,1H3/t21-/m1/s1. The van der Waals surface area contributed by atoms with Crippen LogP contribution in [-0.4, -0.2) is 29.5 Å². The van der Waals surface area contributed by atoms with E-state index in [-0.39, 0.29) is 5.91 Å². The Hall–Kier alpha value is -2.14. The largest absolute Gasteiger partial charge is 0.490 e. The first kappa shape index (κ1) is 13.8. The molecule has 1 aliphatic rings. The van der Waals surface area contributed by atoms with Gasteiger partial charge in [0, 0.05) is 27.5 Å². The minimum atomic E-state index is -1.04. The summed E-state index contributed by atoms with van der Waals surface area (Å²) in [4.78, 5) is 15.1. The van der Waals surface area contributed by atoms with Crippen molar-refractivity contribution in [2.45, 2.75) is 4.90 Å². The molecule has 0 radical (unpaired) electrons. The van der Waals surface area contributed by atoms with E-state index >= 15 is 0 Å². The van der Waals surface area contributed by atoms with Crippen LogP contribution in [0.4, 0.5) is 5.69 Å². The fraction of sp³-hybridized carbons (Fsp3) is 0.188. The number of hydrogen-bond donors (Lipinski definition) is 0. The van der Waals surface area contributed by atoms with Crippen molar-refractivity contribution >= 4 is 22.4 Å². The molecule has 0 aliphatic carbocycles. The molecule has 2 aromatic carbocycles. The molecule has 0 N–H and O–H groups in total. The third-order valence-electron chi connectivity index (χ3n) is 3.41. The Morgan fingerprint density at radius 1 is 1.14 bits per heavy atom. The highest BCUT2D eigenvalue weighted by molar-refractivity contribution is 7.84. The van der Waals surface area contributed by atoms with Crippen molar-refractivity contribution < 1.29 is 13.7 Å². The first-order valence-corrected chi connectivity index (χ1v) is 8.20. The lowest BCUT2D eigenvalue weighted by Crippen LogP contribution is -2.37. The summed E-state index contributed by atoms with van der Waals surface area (Å²) in [5.74, 6) is 0.655. The summed E-state index contributed by atoms with van der Waals surface area (Å²) in [6.45, 7) is 1.01. The molecule has 108 valence electrons. The number of amides is 1. The molecule has 0 unspecified atom stereocenters. The van der Waals surface area contributed by atoms with Gasteiger partial charge in [0.2, 0.25) is 0 Å². The van der Waals surface area contributed by atoms with Crippen LogP contribution in [0.25, 0.3) is 0 Å². The number of nitrogens with zero attached hydrogens (tertiary/aromatic N) is 1. The average molecular weight is 301 g/mol. The summed E-state index contributed by atoms with van der Waals surface area (Å²) in [7, 11) is -1.04. The lowest BCUT2D eigenvalue weighted by atomic mass is 10.1. The number of rotatable bonds is 2. The third-order valence-corrected chi connectivity index (χ3v) is 4.34. The molecule has 4 nitrogen and oxygen atoms in total. The molecule has 0 saturated heterocycles. The number of carbonyl (C=O) groups excluding carboxylic acids is 1. The third kappa shape index (κ3) is 2.69. The van der Waals surface area contributed by atoms with Crippen molar-refractivity contribution in [2.75, 3.05) is 24.3 Å². The van der Waals surface area contributed by atoms with Gasteiger partial charge in [-0.25, -0.2) is 0 Å². The second kappa shape index (κ2) is 5.69. The van der Waals surface area contributed by atoms with Gasteiger partial charge in [-0.15, -0.1) is 0 Å². The van der Waals surface area contributed by atoms with Crippen LogP contribution in [0.5, 0.6) is 5.75 Å². The minimum Gasteiger partial charge on any atom is -0.490 e. The number of fused-ring (bicyclic) bond motifs is 1. The maximum atomic E-state index is 12.6. The van der Waals surface area contributed by atoms with Gasteiger partial charge in [-0.05, 0) is 36.4 Å². The first-order chi connectivity index (χ1) is 10.2. The van der Waals surface area contributed by atoms with Crippen LogP contribution in [0.2, 0.25) is 0 Å². The van der Waals surface area contributed by atoms with Gasteiger partial charge in [0.15, 0.2) is 0 Å². The molecule has 0 saturated carbocycles. The van der Waals surface area contributed by atoms with Gasteiger partial charge >= 0.3 is 0 Å². The summed E-state index contributed by atoms with van der Waals surface area (Å²) in [5, 5.41) is 0. The number of carbonyl (C=O) groups is 1. The lowest BCUT2D eigenvalue weighted by Gasteiger charge is -2.29. The van der Waals surface area contributed by atoms with Crippen molar-refractivity contribution in [3.05, 3.63) is 54.1 Å². The molecule has 1 amide bonds.